The van der Waals surface area contributed by atoms with Crippen LogP contribution in [0.15, 0.2) is 42.5 Å². The topological polar surface area (TPSA) is 83.1 Å². The fourth-order valence-corrected chi connectivity index (χ4v) is 3.44. The van der Waals surface area contributed by atoms with Crippen LogP contribution in [0.5, 0.6) is 0 Å². The number of benzene rings is 2. The van der Waals surface area contributed by atoms with Gasteiger partial charge in [0.1, 0.15) is 12.2 Å². The summed E-state index contributed by atoms with van der Waals surface area (Å²) in [5.41, 5.74) is 2.55. The van der Waals surface area contributed by atoms with Crippen molar-refractivity contribution in [1.82, 2.24) is 0 Å². The molecule has 2 aromatic rings. The molecule has 3 N–H and O–H groups in total. The van der Waals surface area contributed by atoms with Gasteiger partial charge in [-0.2, -0.15) is 0 Å². The van der Waals surface area contributed by atoms with E-state index in [0.717, 1.165) is 44.0 Å². The Hall–Kier alpha value is -2.35. The maximum atomic E-state index is 11.4. The molecule has 27 heavy (non-hydrogen) atoms. The average Bonchev–Trinajstić information content (AvgIpc) is 2.68. The van der Waals surface area contributed by atoms with E-state index in [1.807, 2.05) is 24.3 Å². The lowest BCUT2D eigenvalue weighted by molar-refractivity contribution is -0.900. The molecule has 0 aliphatic carbocycles. The number of quaternary nitrogens is 1. The van der Waals surface area contributed by atoms with Gasteiger partial charge in [0.2, 0.25) is 0 Å². The van der Waals surface area contributed by atoms with Crippen LogP contribution in [0.3, 0.4) is 0 Å². The van der Waals surface area contributed by atoms with Gasteiger partial charge >= 0.3 is 0 Å². The summed E-state index contributed by atoms with van der Waals surface area (Å²) in [5.74, 6) is 0. The van der Waals surface area contributed by atoms with E-state index in [-0.39, 0.29) is 17.2 Å². The number of aliphatic hydroxyl groups is 1. The van der Waals surface area contributed by atoms with E-state index in [4.69, 9.17) is 16.7 Å². The van der Waals surface area contributed by atoms with Crippen molar-refractivity contribution in [1.29, 1.82) is 0 Å². The molecule has 2 aromatic carbocycles. The molecule has 1 aliphatic heterocycles. The molecule has 1 fully saturated rings. The summed E-state index contributed by atoms with van der Waals surface area (Å²) in [6.45, 7) is 5.08. The number of nitro groups is 1. The second kappa shape index (κ2) is 9.03. The van der Waals surface area contributed by atoms with Crippen LogP contribution in [0, 0.1) is 10.1 Å². The first-order chi connectivity index (χ1) is 13.1. The monoisotopic (exact) mass is 391 g/mol. The highest BCUT2D eigenvalue weighted by atomic mass is 35.5. The van der Waals surface area contributed by atoms with Crippen molar-refractivity contribution in [3.8, 4) is 0 Å². The summed E-state index contributed by atoms with van der Waals surface area (Å²) in [6.07, 6.45) is 0. The van der Waals surface area contributed by atoms with Gasteiger partial charge in [-0.1, -0.05) is 23.7 Å². The third-order valence-corrected chi connectivity index (χ3v) is 5.13. The van der Waals surface area contributed by atoms with E-state index in [2.05, 4.69) is 10.2 Å². The first-order valence-corrected chi connectivity index (χ1v) is 9.41. The normalized spacial score (nSPS) is 15.0. The van der Waals surface area contributed by atoms with Gasteiger partial charge in [-0.25, -0.2) is 0 Å². The zero-order chi connectivity index (χ0) is 19.2. The van der Waals surface area contributed by atoms with Gasteiger partial charge in [-0.15, -0.1) is 0 Å². The Balaban J connectivity index is 1.72. The molecule has 0 unspecified atom stereocenters. The summed E-state index contributed by atoms with van der Waals surface area (Å²) in [6, 6.07) is 12.6. The Labute approximate surface area is 163 Å². The van der Waals surface area contributed by atoms with Crippen molar-refractivity contribution < 1.29 is 14.9 Å². The van der Waals surface area contributed by atoms with Gasteiger partial charge in [0.05, 0.1) is 37.7 Å². The fraction of sp³-hybridized carbons (Fsp3) is 0.368. The maximum absolute atomic E-state index is 11.4. The molecule has 0 amide bonds. The number of hydrogen-bond acceptors (Lipinski definition) is 5. The van der Waals surface area contributed by atoms with Crippen LogP contribution >= 0.6 is 11.6 Å². The number of piperazine rings is 1. The minimum atomic E-state index is -0.364. The molecule has 1 aliphatic rings. The van der Waals surface area contributed by atoms with Gasteiger partial charge in [-0.3, -0.25) is 10.1 Å². The van der Waals surface area contributed by atoms with E-state index >= 15 is 0 Å². The predicted octanol–water partition coefficient (Wildman–Crippen LogP) is 1.56. The Kier molecular flexibility index (Phi) is 6.49. The number of hydrogen-bond donors (Lipinski definition) is 3. The maximum Gasteiger partial charge on any atom is 0.292 e. The average molecular weight is 392 g/mol. The van der Waals surface area contributed by atoms with Gasteiger partial charge in [0, 0.05) is 23.3 Å². The minimum absolute atomic E-state index is 0.0669. The summed E-state index contributed by atoms with van der Waals surface area (Å²) < 4.78 is 0. The van der Waals surface area contributed by atoms with Crippen LogP contribution in [0.2, 0.25) is 5.02 Å². The smallest absolute Gasteiger partial charge is 0.292 e. The fourth-order valence-electron chi connectivity index (χ4n) is 3.31. The number of halogens is 1. The number of nitro benzene ring substituents is 1. The molecule has 0 radical (unpaired) electrons. The molecule has 1 heterocycles. The van der Waals surface area contributed by atoms with Gasteiger partial charge < -0.3 is 20.2 Å². The van der Waals surface area contributed by atoms with Crippen LogP contribution in [0.1, 0.15) is 5.56 Å². The highest BCUT2D eigenvalue weighted by Gasteiger charge is 2.22. The third kappa shape index (κ3) is 5.09. The number of anilines is 2. The summed E-state index contributed by atoms with van der Waals surface area (Å²) in [7, 11) is 0. The summed E-state index contributed by atoms with van der Waals surface area (Å²) in [5, 5.41) is 24.3. The second-order valence-electron chi connectivity index (χ2n) is 6.65. The molecule has 0 spiro atoms. The Morgan fingerprint density at radius 3 is 2.52 bits per heavy atom. The van der Waals surface area contributed by atoms with Crippen LogP contribution in [0.4, 0.5) is 17.1 Å². The largest absolute Gasteiger partial charge is 0.391 e. The van der Waals surface area contributed by atoms with Crippen LogP contribution in [0.25, 0.3) is 0 Å². The lowest BCUT2D eigenvalue weighted by Gasteiger charge is -2.33. The standard InChI is InChI=1S/C19H23ClN4O3/c20-16-3-1-15(2-4-16)14-21-18-13-17(5-6-19(18)24(26)27)23-9-7-22(8-10-23)11-12-25/h1-6,13,21,25H,7-12,14H2/p+1. The first-order valence-electron chi connectivity index (χ1n) is 9.03. The predicted molar refractivity (Wildman–Crippen MR) is 107 cm³/mol. The minimum Gasteiger partial charge on any atom is -0.391 e. The number of nitrogens with one attached hydrogen (secondary N) is 2. The highest BCUT2D eigenvalue weighted by molar-refractivity contribution is 6.30. The summed E-state index contributed by atoms with van der Waals surface area (Å²) >= 11 is 5.90. The number of nitrogens with zero attached hydrogens (tertiary/aromatic N) is 2. The van der Waals surface area contributed by atoms with Crippen LogP contribution in [-0.2, 0) is 6.54 Å². The lowest BCUT2D eigenvalue weighted by Crippen LogP contribution is -3.15. The third-order valence-electron chi connectivity index (χ3n) is 4.87. The van der Waals surface area contributed by atoms with Crippen molar-refractivity contribution in [2.75, 3.05) is 49.5 Å². The first kappa shape index (κ1) is 19.4. The number of aliphatic hydroxyl groups excluding tert-OH is 1. The molecule has 0 atom stereocenters. The SMILES string of the molecule is O=[N+]([O-])c1ccc(N2CC[NH+](CCO)CC2)cc1NCc1ccc(Cl)cc1. The van der Waals surface area contributed by atoms with Crippen molar-refractivity contribution in [2.45, 2.75) is 6.54 Å². The molecule has 3 rings (SSSR count). The molecule has 0 saturated carbocycles. The van der Waals surface area contributed by atoms with E-state index in [0.29, 0.717) is 17.3 Å². The zero-order valence-electron chi connectivity index (χ0n) is 15.0. The highest BCUT2D eigenvalue weighted by Crippen LogP contribution is 2.30. The van der Waals surface area contributed by atoms with Crippen LogP contribution in [-0.4, -0.2) is 49.4 Å². The number of rotatable bonds is 7. The summed E-state index contributed by atoms with van der Waals surface area (Å²) in [4.78, 5) is 14.6. The molecule has 8 heteroatoms. The molecular weight excluding hydrogens is 368 g/mol. The van der Waals surface area contributed by atoms with Crippen LogP contribution < -0.4 is 15.1 Å². The Morgan fingerprint density at radius 2 is 1.89 bits per heavy atom. The Morgan fingerprint density at radius 1 is 1.19 bits per heavy atom. The van der Waals surface area contributed by atoms with Crippen molar-refractivity contribution >= 4 is 28.7 Å². The van der Waals surface area contributed by atoms with E-state index in [1.54, 1.807) is 18.2 Å². The molecule has 7 nitrogen and oxygen atoms in total. The molecule has 0 bridgehead atoms. The van der Waals surface area contributed by atoms with Gasteiger partial charge in [-0.05, 0) is 29.8 Å². The Bertz CT molecular complexity index is 777. The molecule has 144 valence electrons. The molecular formula is C19H24ClN4O3+. The van der Waals surface area contributed by atoms with Gasteiger partial charge in [0.25, 0.3) is 5.69 Å². The molecule has 1 saturated heterocycles. The quantitative estimate of drug-likeness (QED) is 0.493. The van der Waals surface area contributed by atoms with Crippen molar-refractivity contribution in [2.24, 2.45) is 0 Å². The molecule has 0 aromatic heterocycles. The van der Waals surface area contributed by atoms with E-state index < -0.39 is 0 Å². The van der Waals surface area contributed by atoms with Crippen molar-refractivity contribution in [3.63, 3.8) is 0 Å². The zero-order valence-corrected chi connectivity index (χ0v) is 15.8. The second-order valence-corrected chi connectivity index (χ2v) is 7.09. The van der Waals surface area contributed by atoms with E-state index in [9.17, 15) is 10.1 Å². The lowest BCUT2D eigenvalue weighted by atomic mass is 10.1. The van der Waals surface area contributed by atoms with Gasteiger partial charge in [0.15, 0.2) is 0 Å². The van der Waals surface area contributed by atoms with E-state index in [1.165, 1.54) is 4.90 Å². The van der Waals surface area contributed by atoms with Crippen molar-refractivity contribution in [3.05, 3.63) is 63.2 Å².